The van der Waals surface area contributed by atoms with Gasteiger partial charge < -0.3 is 29.8 Å². The second-order valence-electron chi connectivity index (χ2n) is 14.3. The second kappa shape index (κ2) is 16.6. The number of likely N-dealkylation sites (tertiary alicyclic amines) is 1. The van der Waals surface area contributed by atoms with Crippen molar-refractivity contribution in [1.82, 2.24) is 35.1 Å². The van der Waals surface area contributed by atoms with Gasteiger partial charge in [0.1, 0.15) is 29.1 Å². The molecule has 1 aliphatic rings. The van der Waals surface area contributed by atoms with E-state index in [-0.39, 0.29) is 29.7 Å². The van der Waals surface area contributed by atoms with Crippen LogP contribution in [0, 0.1) is 47.4 Å². The van der Waals surface area contributed by atoms with Crippen LogP contribution in [0.5, 0.6) is 0 Å². The highest BCUT2D eigenvalue weighted by molar-refractivity contribution is 7.28. The van der Waals surface area contributed by atoms with Gasteiger partial charge in [0.05, 0.1) is 41.8 Å². The Labute approximate surface area is 308 Å². The Hall–Kier alpha value is -4.59. The maximum atomic E-state index is 13.6. The molecular formula is C38H47N7O4S2. The molecule has 5 heterocycles. The summed E-state index contributed by atoms with van der Waals surface area (Å²) in [5.41, 5.74) is 1.38. The predicted octanol–water partition coefficient (Wildman–Crippen LogP) is 6.53. The van der Waals surface area contributed by atoms with E-state index < -0.39 is 12.1 Å². The molecule has 4 aromatic rings. The minimum Gasteiger partial charge on any atom is -0.453 e. The van der Waals surface area contributed by atoms with Crippen molar-refractivity contribution in [2.24, 2.45) is 23.7 Å². The molecule has 0 aliphatic carbocycles. The van der Waals surface area contributed by atoms with Crippen LogP contribution in [0.4, 0.5) is 4.79 Å². The number of fused-ring (bicyclic) bond motifs is 1. The zero-order valence-corrected chi connectivity index (χ0v) is 32.2. The Morgan fingerprint density at radius 3 is 2.18 bits per heavy atom. The SMILES string of the molecule is COC(=O)NC(C(=O)N1CC(C)CC1c1ncc(C#Cc2cc3sc(C#Cc4cnc(CN(CC(C)C)C(=O)CC(C)C)[nH]4)cc3s2)[nH]1)C(C)C. The average molecular weight is 730 g/mol. The monoisotopic (exact) mass is 729 g/mol. The quantitative estimate of drug-likeness (QED) is 0.159. The molecule has 0 radical (unpaired) electrons. The van der Waals surface area contributed by atoms with Crippen LogP contribution in [0.3, 0.4) is 0 Å². The Morgan fingerprint density at radius 2 is 1.59 bits per heavy atom. The van der Waals surface area contributed by atoms with E-state index in [1.807, 2.05) is 18.7 Å². The zero-order chi connectivity index (χ0) is 36.8. The molecule has 3 N–H and O–H groups in total. The Morgan fingerprint density at radius 1 is 0.961 bits per heavy atom. The van der Waals surface area contributed by atoms with Gasteiger partial charge in [0, 0.05) is 28.9 Å². The zero-order valence-electron chi connectivity index (χ0n) is 30.5. The van der Waals surface area contributed by atoms with Crippen LogP contribution < -0.4 is 5.32 Å². The molecule has 270 valence electrons. The van der Waals surface area contributed by atoms with Crippen molar-refractivity contribution in [3.8, 4) is 23.7 Å². The normalized spacial score (nSPS) is 16.3. The number of methoxy groups -OCH3 is 1. The fourth-order valence-corrected chi connectivity index (χ4v) is 8.18. The van der Waals surface area contributed by atoms with Crippen LogP contribution in [-0.4, -0.2) is 73.9 Å². The van der Waals surface area contributed by atoms with Crippen molar-refractivity contribution >= 4 is 50.0 Å². The summed E-state index contributed by atoms with van der Waals surface area (Å²) in [5, 5.41) is 2.69. The van der Waals surface area contributed by atoms with Crippen LogP contribution >= 0.6 is 22.7 Å². The van der Waals surface area contributed by atoms with Crippen molar-refractivity contribution < 1.29 is 19.1 Å². The summed E-state index contributed by atoms with van der Waals surface area (Å²) in [6, 6.07) is 3.23. The summed E-state index contributed by atoms with van der Waals surface area (Å²) in [6.45, 7) is 15.9. The molecule has 3 amide bonds. The molecule has 0 bridgehead atoms. The number of hydrogen-bond donors (Lipinski definition) is 3. The van der Waals surface area contributed by atoms with Crippen molar-refractivity contribution in [1.29, 1.82) is 0 Å². The maximum Gasteiger partial charge on any atom is 0.407 e. The summed E-state index contributed by atoms with van der Waals surface area (Å²) in [5.74, 6) is 15.1. The van der Waals surface area contributed by atoms with Crippen molar-refractivity contribution in [2.45, 2.75) is 79.9 Å². The third-order valence-corrected chi connectivity index (χ3v) is 10.6. The molecule has 1 aliphatic heterocycles. The fraction of sp³-hybridized carbons (Fsp3) is 0.500. The number of thiophene rings is 2. The van der Waals surface area contributed by atoms with Crippen LogP contribution in [0.25, 0.3) is 9.40 Å². The lowest BCUT2D eigenvalue weighted by atomic mass is 10.0. The van der Waals surface area contributed by atoms with E-state index in [0.717, 1.165) is 31.4 Å². The molecule has 11 nitrogen and oxygen atoms in total. The van der Waals surface area contributed by atoms with Gasteiger partial charge in [0.2, 0.25) is 11.8 Å². The number of carbonyl (C=O) groups excluding carboxylic acids is 3. The number of alkyl carbamates (subject to hydrolysis) is 1. The van der Waals surface area contributed by atoms with Gasteiger partial charge in [0.25, 0.3) is 0 Å². The molecule has 0 saturated carbocycles. The minimum atomic E-state index is -0.694. The highest BCUT2D eigenvalue weighted by atomic mass is 32.1. The number of ether oxygens (including phenoxy) is 1. The van der Waals surface area contributed by atoms with E-state index in [2.05, 4.69) is 95.7 Å². The van der Waals surface area contributed by atoms with Crippen molar-refractivity contribution in [3.63, 3.8) is 0 Å². The lowest BCUT2D eigenvalue weighted by molar-refractivity contribution is -0.135. The van der Waals surface area contributed by atoms with Gasteiger partial charge in [-0.1, -0.05) is 48.5 Å². The van der Waals surface area contributed by atoms with Gasteiger partial charge in [-0.05, 0) is 65.9 Å². The van der Waals surface area contributed by atoms with E-state index in [1.54, 1.807) is 40.0 Å². The molecule has 1 saturated heterocycles. The third kappa shape index (κ3) is 9.81. The number of nitrogens with one attached hydrogen (secondary N) is 3. The number of H-pyrrole nitrogens is 2. The van der Waals surface area contributed by atoms with Crippen LogP contribution in [0.1, 0.15) is 100 Å². The minimum absolute atomic E-state index is 0.108. The average Bonchev–Trinajstić information content (AvgIpc) is 3.89. The van der Waals surface area contributed by atoms with Gasteiger partial charge in [0.15, 0.2) is 0 Å². The number of aromatic nitrogens is 4. The summed E-state index contributed by atoms with van der Waals surface area (Å²) in [6.07, 6.45) is 4.09. The van der Waals surface area contributed by atoms with Gasteiger partial charge in [-0.2, -0.15) is 0 Å². The molecule has 3 unspecified atom stereocenters. The lowest BCUT2D eigenvalue weighted by Gasteiger charge is -2.30. The molecule has 1 fully saturated rings. The van der Waals surface area contributed by atoms with Gasteiger partial charge in [-0.3, -0.25) is 9.59 Å². The number of amides is 3. The first-order valence-electron chi connectivity index (χ1n) is 17.4. The van der Waals surface area contributed by atoms with Crippen LogP contribution in [-0.2, 0) is 20.9 Å². The van der Waals surface area contributed by atoms with Gasteiger partial charge in [-0.25, -0.2) is 14.8 Å². The smallest absolute Gasteiger partial charge is 0.407 e. The third-order valence-electron chi connectivity index (χ3n) is 8.43. The first-order valence-corrected chi connectivity index (χ1v) is 19.0. The number of imidazole rings is 2. The lowest BCUT2D eigenvalue weighted by Crippen LogP contribution is -2.51. The molecular weight excluding hydrogens is 683 g/mol. The number of hydrogen-bond acceptors (Lipinski definition) is 8. The largest absolute Gasteiger partial charge is 0.453 e. The highest BCUT2D eigenvalue weighted by Gasteiger charge is 2.40. The number of rotatable bonds is 10. The Kier molecular flexibility index (Phi) is 12.3. The van der Waals surface area contributed by atoms with E-state index in [0.29, 0.717) is 55.1 Å². The van der Waals surface area contributed by atoms with Crippen molar-refractivity contribution in [2.75, 3.05) is 20.2 Å². The molecule has 51 heavy (non-hydrogen) atoms. The Balaban J connectivity index is 1.23. The fourth-order valence-electron chi connectivity index (χ4n) is 6.07. The molecule has 5 rings (SSSR count). The summed E-state index contributed by atoms with van der Waals surface area (Å²) < 4.78 is 6.98. The van der Waals surface area contributed by atoms with Crippen molar-refractivity contribution in [3.05, 3.63) is 57.3 Å². The predicted molar refractivity (Wildman–Crippen MR) is 201 cm³/mol. The molecule has 3 atom stereocenters. The van der Waals surface area contributed by atoms with Gasteiger partial charge in [-0.15, -0.1) is 22.7 Å². The first kappa shape index (κ1) is 37.7. The highest BCUT2D eigenvalue weighted by Crippen LogP contribution is 2.35. The molecule has 13 heteroatoms. The standard InChI is InChI=1S/C38H47N7O4S2/c1-22(2)13-34(46)44(19-23(3)4)21-33-39-17-26(41-33)9-11-28-15-31-32(50-28)16-29(51-31)12-10-27-18-40-36(42-27)30-14-25(7)20-45(30)37(47)35(24(5)6)43-38(48)49-8/h15-18,22-25,30,35H,13-14,19-21H2,1-8H3,(H,39,41)(H,40,42)(H,43,48). The number of nitrogens with zero attached hydrogens (tertiary/aromatic N) is 4. The second-order valence-corrected chi connectivity index (χ2v) is 16.5. The van der Waals surface area contributed by atoms with E-state index >= 15 is 0 Å². The van der Waals surface area contributed by atoms with E-state index in [1.165, 1.54) is 7.11 Å². The molecule has 0 aromatic carbocycles. The molecule has 0 spiro atoms. The van der Waals surface area contributed by atoms with E-state index in [4.69, 9.17) is 4.74 Å². The maximum absolute atomic E-state index is 13.6. The topological polar surface area (TPSA) is 136 Å². The van der Waals surface area contributed by atoms with E-state index in [9.17, 15) is 14.4 Å². The summed E-state index contributed by atoms with van der Waals surface area (Å²) in [7, 11) is 1.29. The Bertz CT molecular complexity index is 1950. The summed E-state index contributed by atoms with van der Waals surface area (Å²) >= 11 is 3.23. The van der Waals surface area contributed by atoms with Crippen LogP contribution in [0.2, 0.25) is 0 Å². The first-order chi connectivity index (χ1) is 24.3. The van der Waals surface area contributed by atoms with Crippen LogP contribution in [0.15, 0.2) is 24.5 Å². The number of carbonyl (C=O) groups is 3. The number of aromatic amines is 2. The molecule has 4 aromatic heterocycles. The summed E-state index contributed by atoms with van der Waals surface area (Å²) in [4.78, 5) is 59.5. The van der Waals surface area contributed by atoms with Gasteiger partial charge >= 0.3 is 6.09 Å².